The average molecular weight is 482 g/mol. The van der Waals surface area contributed by atoms with Gasteiger partial charge in [-0.05, 0) is 40.8 Å². The molecule has 0 saturated heterocycles. The van der Waals surface area contributed by atoms with Gasteiger partial charge in [-0.2, -0.15) is 0 Å². The predicted octanol–water partition coefficient (Wildman–Crippen LogP) is 1.75. The van der Waals surface area contributed by atoms with Crippen LogP contribution in [-0.4, -0.2) is 29.4 Å². The van der Waals surface area contributed by atoms with Crippen molar-refractivity contribution in [2.45, 2.75) is 0 Å². The van der Waals surface area contributed by atoms with Crippen LogP contribution in [0.5, 0.6) is 5.88 Å². The lowest BCUT2D eigenvalue weighted by atomic mass is 10.0. The summed E-state index contributed by atoms with van der Waals surface area (Å²) in [6.45, 7) is 0.438. The summed E-state index contributed by atoms with van der Waals surface area (Å²) in [5.74, 6) is -1.03. The molecule has 1 aromatic carbocycles. The number of nitrogens with one attached hydrogen (secondary N) is 1. The zero-order chi connectivity index (χ0) is 19.7. The van der Waals surface area contributed by atoms with Crippen LogP contribution >= 0.6 is 22.6 Å². The van der Waals surface area contributed by atoms with Gasteiger partial charge < -0.3 is 21.1 Å². The Morgan fingerprint density at radius 1 is 1.33 bits per heavy atom. The van der Waals surface area contributed by atoms with Gasteiger partial charge in [0.2, 0.25) is 5.88 Å². The average Bonchev–Trinajstić information content (AvgIpc) is 2.60. The summed E-state index contributed by atoms with van der Waals surface area (Å²) in [4.78, 5) is 27.4. The molecule has 1 amide bonds. The van der Waals surface area contributed by atoms with Gasteiger partial charge in [0.05, 0.1) is 5.56 Å². The lowest BCUT2D eigenvalue weighted by Crippen LogP contribution is -2.31. The van der Waals surface area contributed by atoms with Crippen molar-refractivity contribution in [1.29, 1.82) is 0 Å². The van der Waals surface area contributed by atoms with Crippen molar-refractivity contribution in [2.75, 3.05) is 13.6 Å². The number of benzene rings is 1. The molecule has 1 aromatic heterocycles. The minimum atomic E-state index is -0.782. The maximum Gasteiger partial charge on any atom is 0.254 e. The highest BCUT2D eigenvalue weighted by Crippen LogP contribution is 2.32. The van der Waals surface area contributed by atoms with E-state index in [9.17, 15) is 14.0 Å². The fourth-order valence-corrected chi connectivity index (χ4v) is 3.06. The van der Waals surface area contributed by atoms with E-state index in [-0.39, 0.29) is 23.0 Å². The Balaban J connectivity index is 2.12. The second-order valence-electron chi connectivity index (χ2n) is 5.87. The number of pyridine rings is 1. The van der Waals surface area contributed by atoms with E-state index in [2.05, 4.69) is 4.98 Å². The molecule has 27 heavy (non-hydrogen) atoms. The van der Waals surface area contributed by atoms with Gasteiger partial charge in [0.15, 0.2) is 5.76 Å². The first-order valence-electron chi connectivity index (χ1n) is 7.85. The second kappa shape index (κ2) is 7.43. The van der Waals surface area contributed by atoms with Gasteiger partial charge in [0.1, 0.15) is 11.6 Å². The number of carbonyl (C=O) groups excluding carboxylic acids is 1. The summed E-state index contributed by atoms with van der Waals surface area (Å²) in [6, 6.07) is 7.18. The summed E-state index contributed by atoms with van der Waals surface area (Å²) in [6.07, 6.45) is 1.75. The van der Waals surface area contributed by atoms with Gasteiger partial charge in [0, 0.05) is 34.4 Å². The van der Waals surface area contributed by atoms with Crippen LogP contribution in [0.3, 0.4) is 0 Å². The van der Waals surface area contributed by atoms with Gasteiger partial charge in [-0.1, -0.05) is 12.1 Å². The largest absolute Gasteiger partial charge is 0.436 e. The molecule has 0 unspecified atom stereocenters. The number of amides is 1. The standard InChI is InChI=1S/C18H16FIN4O3/c1-24-7-6-11(10-3-2-9(20)8-13(10)19)15(16(24)21)27-18-12(17(22)26)4-5-14(25)23-18/h2-6,8H,7,21H2,1H3,(H2,22,26)(H,23,25). The highest BCUT2D eigenvalue weighted by Gasteiger charge is 2.25. The van der Waals surface area contributed by atoms with E-state index in [1.54, 1.807) is 30.2 Å². The normalized spacial score (nSPS) is 14.2. The van der Waals surface area contributed by atoms with E-state index in [0.717, 1.165) is 9.64 Å². The van der Waals surface area contributed by atoms with Crippen LogP contribution < -0.4 is 21.8 Å². The van der Waals surface area contributed by atoms with Crippen molar-refractivity contribution in [1.82, 2.24) is 9.88 Å². The van der Waals surface area contributed by atoms with Crippen LogP contribution in [0.2, 0.25) is 0 Å². The zero-order valence-electron chi connectivity index (χ0n) is 14.3. The topological polar surface area (TPSA) is 114 Å². The highest BCUT2D eigenvalue weighted by atomic mass is 127. The Hall–Kier alpha value is -2.82. The van der Waals surface area contributed by atoms with E-state index in [4.69, 9.17) is 16.2 Å². The third-order valence-electron chi connectivity index (χ3n) is 4.03. The Morgan fingerprint density at radius 2 is 2.07 bits per heavy atom. The maximum atomic E-state index is 14.5. The second-order valence-corrected chi connectivity index (χ2v) is 7.11. The molecule has 1 aliphatic heterocycles. The SMILES string of the molecule is CN1CC=C(c2ccc(I)cc2F)C(Oc2[nH]c(=O)ccc2C(N)=O)=C1N. The quantitative estimate of drug-likeness (QED) is 0.575. The minimum absolute atomic E-state index is 0.0226. The molecule has 0 aliphatic carbocycles. The molecule has 0 atom stereocenters. The van der Waals surface area contributed by atoms with Crippen LogP contribution in [-0.2, 0) is 0 Å². The number of carbonyl (C=O) groups is 1. The highest BCUT2D eigenvalue weighted by molar-refractivity contribution is 14.1. The molecule has 0 bridgehead atoms. The molecule has 3 rings (SSSR count). The van der Waals surface area contributed by atoms with Crippen molar-refractivity contribution in [3.63, 3.8) is 0 Å². The van der Waals surface area contributed by atoms with Crippen LogP contribution in [0.25, 0.3) is 5.57 Å². The number of H-pyrrole nitrogens is 1. The molecule has 0 spiro atoms. The van der Waals surface area contributed by atoms with Gasteiger partial charge in [-0.3, -0.25) is 14.6 Å². The van der Waals surface area contributed by atoms with Gasteiger partial charge in [-0.25, -0.2) is 4.39 Å². The van der Waals surface area contributed by atoms with Crippen LogP contribution in [0.4, 0.5) is 4.39 Å². The summed E-state index contributed by atoms with van der Waals surface area (Å²) in [5.41, 5.74) is 11.7. The number of likely N-dealkylation sites (N-methyl/N-ethyl adjacent to an activating group) is 1. The van der Waals surface area contributed by atoms with E-state index in [1.165, 1.54) is 12.1 Å². The Labute approximate surface area is 167 Å². The van der Waals surface area contributed by atoms with E-state index in [1.807, 2.05) is 22.6 Å². The summed E-state index contributed by atoms with van der Waals surface area (Å²) >= 11 is 2.01. The fourth-order valence-electron chi connectivity index (χ4n) is 2.61. The molecular formula is C18H16FIN4O3. The molecule has 9 heteroatoms. The number of ether oxygens (including phenoxy) is 1. The van der Waals surface area contributed by atoms with Gasteiger partial charge >= 0.3 is 0 Å². The third kappa shape index (κ3) is 3.82. The molecule has 0 saturated carbocycles. The number of allylic oxidation sites excluding steroid dienone is 1. The van der Waals surface area contributed by atoms with Gasteiger partial charge in [0.25, 0.3) is 11.5 Å². The lowest BCUT2D eigenvalue weighted by molar-refractivity contribution is 0.0997. The maximum absolute atomic E-state index is 14.5. The number of nitrogens with two attached hydrogens (primary N) is 2. The molecule has 0 radical (unpaired) electrons. The van der Waals surface area contributed by atoms with Crippen LogP contribution in [0, 0.1) is 9.39 Å². The minimum Gasteiger partial charge on any atom is -0.436 e. The number of primary amides is 1. The summed E-state index contributed by atoms with van der Waals surface area (Å²) < 4.78 is 21.1. The first kappa shape index (κ1) is 19.0. The molecule has 5 N–H and O–H groups in total. The number of aromatic nitrogens is 1. The number of hydrogen-bond acceptors (Lipinski definition) is 5. The number of hydrogen-bond donors (Lipinski definition) is 3. The Morgan fingerprint density at radius 3 is 2.74 bits per heavy atom. The molecule has 2 heterocycles. The van der Waals surface area contributed by atoms with Crippen molar-refractivity contribution >= 4 is 34.1 Å². The van der Waals surface area contributed by atoms with E-state index < -0.39 is 17.3 Å². The number of aromatic amines is 1. The lowest BCUT2D eigenvalue weighted by Gasteiger charge is -2.28. The van der Waals surface area contributed by atoms with Crippen molar-refractivity contribution in [3.8, 4) is 5.88 Å². The smallest absolute Gasteiger partial charge is 0.254 e. The molecule has 2 aromatic rings. The summed E-state index contributed by atoms with van der Waals surface area (Å²) in [7, 11) is 1.74. The van der Waals surface area contributed by atoms with Crippen LogP contribution in [0.15, 0.2) is 52.8 Å². The first-order chi connectivity index (χ1) is 12.8. The Bertz CT molecular complexity index is 1050. The summed E-state index contributed by atoms with van der Waals surface area (Å²) in [5, 5.41) is 0. The monoisotopic (exact) mass is 482 g/mol. The van der Waals surface area contributed by atoms with Gasteiger partial charge in [-0.15, -0.1) is 0 Å². The molecule has 1 aliphatic rings. The van der Waals surface area contributed by atoms with Crippen LogP contribution in [0.1, 0.15) is 15.9 Å². The number of nitrogens with zero attached hydrogens (tertiary/aromatic N) is 1. The fraction of sp³-hybridized carbons (Fsp3) is 0.111. The van der Waals surface area contributed by atoms with Crippen molar-refractivity contribution in [3.05, 3.63) is 78.9 Å². The zero-order valence-corrected chi connectivity index (χ0v) is 16.4. The van der Waals surface area contributed by atoms with Crippen molar-refractivity contribution < 1.29 is 13.9 Å². The van der Waals surface area contributed by atoms with E-state index in [0.29, 0.717) is 17.7 Å². The molecule has 140 valence electrons. The Kier molecular flexibility index (Phi) is 5.22. The molecule has 7 nitrogen and oxygen atoms in total. The third-order valence-corrected chi connectivity index (χ3v) is 4.70. The predicted molar refractivity (Wildman–Crippen MR) is 107 cm³/mol. The molecular weight excluding hydrogens is 466 g/mol. The number of halogens is 2. The first-order valence-corrected chi connectivity index (χ1v) is 8.93. The molecule has 0 fully saturated rings. The number of rotatable bonds is 4. The van der Waals surface area contributed by atoms with E-state index >= 15 is 0 Å². The van der Waals surface area contributed by atoms with Crippen molar-refractivity contribution in [2.24, 2.45) is 11.5 Å².